The average molecular weight is 608 g/mol. The number of carbonyl (C=O) groups excluding carboxylic acids is 5. The normalized spacial score (nSPS) is 34.9. The first-order valence-electron chi connectivity index (χ1n) is 13.8. The van der Waals surface area contributed by atoms with Crippen LogP contribution in [-0.2, 0) is 25.7 Å². The number of hydrogen-bond donors (Lipinski definition) is 4. The van der Waals surface area contributed by atoms with Crippen LogP contribution >= 0.6 is 0 Å². The number of fused-ring (bicyclic) bond motifs is 3. The zero-order valence-corrected chi connectivity index (χ0v) is 23.6. The molecular formula is C29H32F3N3O8. The van der Waals surface area contributed by atoms with Crippen LogP contribution in [-0.4, -0.2) is 105 Å². The monoisotopic (exact) mass is 607 g/mol. The Morgan fingerprint density at radius 3 is 2.35 bits per heavy atom. The third kappa shape index (κ3) is 4.45. The molecule has 2 saturated carbocycles. The van der Waals surface area contributed by atoms with Crippen LogP contribution in [0.25, 0.3) is 0 Å². The molecule has 4 aliphatic rings. The number of hydrogen-bond acceptors (Lipinski definition) is 10. The summed E-state index contributed by atoms with van der Waals surface area (Å²) >= 11 is 0. The molecule has 1 aromatic carbocycles. The number of aromatic hydroxyl groups is 1. The zero-order chi connectivity index (χ0) is 31.9. The van der Waals surface area contributed by atoms with Crippen LogP contribution in [0.4, 0.5) is 13.2 Å². The molecule has 1 amide bonds. The van der Waals surface area contributed by atoms with Gasteiger partial charge in [-0.05, 0) is 32.0 Å². The van der Waals surface area contributed by atoms with Crippen molar-refractivity contribution in [2.24, 2.45) is 29.4 Å². The fraction of sp³-hybridized carbons (Fsp3) is 0.552. The van der Waals surface area contributed by atoms with Crippen molar-refractivity contribution in [3.05, 3.63) is 40.5 Å². The number of aliphatic hydroxyl groups excluding tert-OH is 1. The number of rotatable bonds is 4. The molecule has 14 heteroatoms. The number of amides is 1. The number of benzene rings is 1. The van der Waals surface area contributed by atoms with Crippen LogP contribution in [0.3, 0.4) is 0 Å². The van der Waals surface area contributed by atoms with Crippen LogP contribution in [0.5, 0.6) is 5.75 Å². The van der Waals surface area contributed by atoms with Crippen molar-refractivity contribution in [3.63, 3.8) is 0 Å². The second kappa shape index (κ2) is 10.3. The van der Waals surface area contributed by atoms with Crippen LogP contribution in [0, 0.1) is 23.7 Å². The maximum atomic E-state index is 14.0. The number of phenolic OH excluding ortho intramolecular Hbond substituents is 1. The van der Waals surface area contributed by atoms with Gasteiger partial charge in [0.25, 0.3) is 0 Å². The number of phenols is 1. The van der Waals surface area contributed by atoms with E-state index < -0.39 is 93.9 Å². The quantitative estimate of drug-likeness (QED) is 0.271. The molecule has 0 spiro atoms. The van der Waals surface area contributed by atoms with Gasteiger partial charge in [0.15, 0.2) is 34.7 Å². The van der Waals surface area contributed by atoms with E-state index in [1.165, 1.54) is 31.1 Å². The first-order chi connectivity index (χ1) is 19.9. The lowest BCUT2D eigenvalue weighted by Gasteiger charge is -2.56. The molecule has 5 rings (SSSR count). The first-order valence-corrected chi connectivity index (χ1v) is 13.8. The van der Waals surface area contributed by atoms with Gasteiger partial charge in [0.1, 0.15) is 5.75 Å². The van der Waals surface area contributed by atoms with Crippen LogP contribution in [0.1, 0.15) is 40.7 Å². The zero-order valence-electron chi connectivity index (χ0n) is 23.6. The van der Waals surface area contributed by atoms with E-state index in [-0.39, 0.29) is 42.7 Å². The molecule has 0 aromatic heterocycles. The standard InChI is InChI=1S/C29H32F3N3O8/c1-11-14-5-4-12(10-35-8-6-13(7-9-35)29(30,31)32)21(36)16(14)22(37)17-15(11)23(38)19-20(34(2)3)24(39)18(27(33)42)26(41)28(19,43)25(17)40/h4-6,11,15,17-20,23,36,38,43H,7-10H2,1-3H3,(H2,33,42)/t11-,15+,17?,18?,19+,20-,23-,28-/m0/s1. The molecule has 2 fully saturated rings. The molecule has 0 saturated heterocycles. The number of primary amides is 1. The fourth-order valence-electron chi connectivity index (χ4n) is 7.51. The van der Waals surface area contributed by atoms with Crippen LogP contribution < -0.4 is 5.73 Å². The van der Waals surface area contributed by atoms with Gasteiger partial charge in [-0.1, -0.05) is 25.1 Å². The number of nitrogens with two attached hydrogens (primary N) is 1. The Morgan fingerprint density at radius 2 is 1.81 bits per heavy atom. The third-order valence-electron chi connectivity index (χ3n) is 9.62. The van der Waals surface area contributed by atoms with Crippen molar-refractivity contribution in [1.82, 2.24) is 9.80 Å². The molecule has 3 aliphatic carbocycles. The Bertz CT molecular complexity index is 1470. The number of carbonyl (C=O) groups is 5. The predicted octanol–water partition coefficient (Wildman–Crippen LogP) is 0.0932. The van der Waals surface area contributed by atoms with Gasteiger partial charge in [0.2, 0.25) is 5.91 Å². The van der Waals surface area contributed by atoms with E-state index in [0.29, 0.717) is 0 Å². The fourth-order valence-corrected chi connectivity index (χ4v) is 7.51. The van der Waals surface area contributed by atoms with E-state index >= 15 is 0 Å². The van der Waals surface area contributed by atoms with Crippen molar-refractivity contribution >= 4 is 29.0 Å². The van der Waals surface area contributed by atoms with Gasteiger partial charge in [-0.3, -0.25) is 33.8 Å². The Hall–Kier alpha value is -3.46. The Morgan fingerprint density at radius 1 is 1.16 bits per heavy atom. The number of Topliss-reactive ketones (excluding diaryl/α,β-unsaturated/α-hetero) is 4. The number of ketones is 4. The lowest BCUT2D eigenvalue weighted by Crippen LogP contribution is -2.77. The highest BCUT2D eigenvalue weighted by Crippen LogP contribution is 2.54. The summed E-state index contributed by atoms with van der Waals surface area (Å²) in [5.41, 5.74) is 1.81. The summed E-state index contributed by atoms with van der Waals surface area (Å²) in [7, 11) is 2.82. The Labute approximate surface area is 244 Å². The largest absolute Gasteiger partial charge is 0.507 e. The molecule has 232 valence electrons. The number of nitrogens with zero attached hydrogens (tertiary/aromatic N) is 2. The molecule has 5 N–H and O–H groups in total. The lowest BCUT2D eigenvalue weighted by molar-refractivity contribution is -0.196. The maximum Gasteiger partial charge on any atom is 0.412 e. The van der Waals surface area contributed by atoms with Gasteiger partial charge in [0.05, 0.1) is 29.5 Å². The molecule has 0 bridgehead atoms. The minimum absolute atomic E-state index is 0.00943. The van der Waals surface area contributed by atoms with Crippen LogP contribution in [0.2, 0.25) is 0 Å². The second-order valence-electron chi connectivity index (χ2n) is 12.1. The SMILES string of the molecule is C[C@H]1c2ccc(CN3CC=C(C(F)(F)F)CC3)c(O)c2C(=O)C2C(=O)[C@]3(O)C(=O)C(C(N)=O)C(=O)[C@@H](N(C)C)[C@@H]3[C@@H](O)[C@@H]21. The van der Waals surface area contributed by atoms with Crippen molar-refractivity contribution in [1.29, 1.82) is 0 Å². The average Bonchev–Trinajstić information content (AvgIpc) is 2.91. The predicted molar refractivity (Wildman–Crippen MR) is 141 cm³/mol. The minimum Gasteiger partial charge on any atom is -0.507 e. The van der Waals surface area contributed by atoms with Gasteiger partial charge < -0.3 is 21.1 Å². The topological polar surface area (TPSA) is 179 Å². The van der Waals surface area contributed by atoms with E-state index in [9.17, 15) is 52.5 Å². The summed E-state index contributed by atoms with van der Waals surface area (Å²) in [6, 6.07) is 1.59. The summed E-state index contributed by atoms with van der Waals surface area (Å²) < 4.78 is 39.1. The smallest absolute Gasteiger partial charge is 0.412 e. The van der Waals surface area contributed by atoms with Crippen molar-refractivity contribution in [3.8, 4) is 5.75 Å². The molecule has 43 heavy (non-hydrogen) atoms. The third-order valence-corrected chi connectivity index (χ3v) is 9.62. The summed E-state index contributed by atoms with van der Waals surface area (Å²) in [6.45, 7) is 1.59. The van der Waals surface area contributed by atoms with Gasteiger partial charge in [0, 0.05) is 36.7 Å². The maximum absolute atomic E-state index is 14.0. The molecule has 8 atom stereocenters. The lowest BCUT2D eigenvalue weighted by atomic mass is 9.49. The van der Waals surface area contributed by atoms with E-state index in [1.807, 2.05) is 0 Å². The highest BCUT2D eigenvalue weighted by molar-refractivity contribution is 6.32. The molecule has 0 radical (unpaired) electrons. The van der Waals surface area contributed by atoms with Gasteiger partial charge in [-0.2, -0.15) is 13.2 Å². The van der Waals surface area contributed by atoms with Gasteiger partial charge >= 0.3 is 6.18 Å². The first kappa shape index (κ1) is 31.0. The second-order valence-corrected chi connectivity index (χ2v) is 12.1. The molecule has 1 heterocycles. The van der Waals surface area contributed by atoms with E-state index in [0.717, 1.165) is 6.08 Å². The molecular weight excluding hydrogens is 575 g/mol. The van der Waals surface area contributed by atoms with E-state index in [1.54, 1.807) is 11.8 Å². The van der Waals surface area contributed by atoms with Crippen LogP contribution in [0.15, 0.2) is 23.8 Å². The number of aliphatic hydroxyl groups is 2. The molecule has 1 aliphatic heterocycles. The number of likely N-dealkylation sites (N-methyl/N-ethyl adjacent to an activating group) is 1. The summed E-state index contributed by atoms with van der Waals surface area (Å²) in [6.07, 6.45) is -5.37. The summed E-state index contributed by atoms with van der Waals surface area (Å²) in [4.78, 5) is 69.7. The molecule has 1 aromatic rings. The van der Waals surface area contributed by atoms with Gasteiger partial charge in [-0.25, -0.2) is 0 Å². The summed E-state index contributed by atoms with van der Waals surface area (Å²) in [5.74, 6) is -14.3. The van der Waals surface area contributed by atoms with Gasteiger partial charge in [-0.15, -0.1) is 0 Å². The molecule has 11 nitrogen and oxygen atoms in total. The Kier molecular flexibility index (Phi) is 7.44. The minimum atomic E-state index is -4.43. The van der Waals surface area contributed by atoms with E-state index in [2.05, 4.69) is 0 Å². The highest BCUT2D eigenvalue weighted by atomic mass is 19.4. The highest BCUT2D eigenvalue weighted by Gasteiger charge is 2.72. The van der Waals surface area contributed by atoms with Crippen molar-refractivity contribution < 1.29 is 52.5 Å². The number of alkyl halides is 3. The number of halogens is 3. The van der Waals surface area contributed by atoms with Crippen molar-refractivity contribution in [2.45, 2.75) is 49.7 Å². The summed E-state index contributed by atoms with van der Waals surface area (Å²) in [5, 5.41) is 34.6. The molecule has 2 unspecified atom stereocenters. The Balaban J connectivity index is 1.55. The van der Waals surface area contributed by atoms with E-state index in [4.69, 9.17) is 5.73 Å². The van der Waals surface area contributed by atoms with Crippen molar-refractivity contribution in [2.75, 3.05) is 27.2 Å².